The van der Waals surface area contributed by atoms with Crippen LogP contribution in [0.4, 0.5) is 0 Å². The summed E-state index contributed by atoms with van der Waals surface area (Å²) in [6, 6.07) is 15.1. The van der Waals surface area contributed by atoms with Crippen molar-refractivity contribution in [2.75, 3.05) is 0 Å². The van der Waals surface area contributed by atoms with E-state index in [0.29, 0.717) is 11.4 Å². The standard InChI is InChI=1S/C22H22ClNO5/c1-13(25)21(29)22(24-19(26)9-10-20(27)28)12-18(22)15-7-5-14(6-8-15)16-3-2-4-17(23)11-16/h2-8,11,18,21,29H,9-10,12H2,1H3,(H,24,26)(H,27,28)/t18-,21?,22?/m0/s1. The van der Waals surface area contributed by atoms with Crippen LogP contribution >= 0.6 is 11.6 Å². The highest BCUT2D eigenvalue weighted by molar-refractivity contribution is 6.30. The highest BCUT2D eigenvalue weighted by Crippen LogP contribution is 2.54. The molecule has 1 aliphatic rings. The van der Waals surface area contributed by atoms with Gasteiger partial charge in [0.2, 0.25) is 5.91 Å². The third-order valence-electron chi connectivity index (χ3n) is 5.29. The zero-order valence-electron chi connectivity index (χ0n) is 15.9. The summed E-state index contributed by atoms with van der Waals surface area (Å²) in [5, 5.41) is 22.5. The van der Waals surface area contributed by atoms with Crippen molar-refractivity contribution in [1.29, 1.82) is 0 Å². The van der Waals surface area contributed by atoms with Crippen LogP contribution in [0.1, 0.15) is 37.7 Å². The summed E-state index contributed by atoms with van der Waals surface area (Å²) in [7, 11) is 0. The minimum atomic E-state index is -1.35. The van der Waals surface area contributed by atoms with Crippen molar-refractivity contribution in [3.8, 4) is 11.1 Å². The van der Waals surface area contributed by atoms with E-state index in [1.54, 1.807) is 6.07 Å². The molecule has 152 valence electrons. The van der Waals surface area contributed by atoms with E-state index < -0.39 is 29.3 Å². The Kier molecular flexibility index (Phi) is 6.05. The number of benzene rings is 2. The topological polar surface area (TPSA) is 104 Å². The number of hydrogen-bond donors (Lipinski definition) is 3. The molecule has 3 atom stereocenters. The minimum Gasteiger partial charge on any atom is -0.481 e. The number of carbonyl (C=O) groups excluding carboxylic acids is 2. The van der Waals surface area contributed by atoms with E-state index in [1.807, 2.05) is 42.5 Å². The van der Waals surface area contributed by atoms with E-state index in [9.17, 15) is 19.5 Å². The molecule has 2 unspecified atom stereocenters. The number of aliphatic hydroxyl groups is 1. The van der Waals surface area contributed by atoms with Crippen molar-refractivity contribution in [3.63, 3.8) is 0 Å². The molecule has 0 aromatic heterocycles. The van der Waals surface area contributed by atoms with Crippen molar-refractivity contribution in [2.45, 2.75) is 43.7 Å². The monoisotopic (exact) mass is 415 g/mol. The van der Waals surface area contributed by atoms with Crippen LogP contribution in [0, 0.1) is 0 Å². The molecular formula is C22H22ClNO5. The Hall–Kier alpha value is -2.70. The fraction of sp³-hybridized carbons (Fsp3) is 0.318. The number of nitrogens with one attached hydrogen (secondary N) is 1. The molecule has 0 saturated heterocycles. The summed E-state index contributed by atoms with van der Waals surface area (Å²) in [6.45, 7) is 1.27. The Morgan fingerprint density at radius 3 is 2.41 bits per heavy atom. The Morgan fingerprint density at radius 1 is 1.14 bits per heavy atom. The molecule has 0 radical (unpaired) electrons. The third-order valence-corrected chi connectivity index (χ3v) is 5.52. The minimum absolute atomic E-state index is 0.206. The molecule has 1 fully saturated rings. The van der Waals surface area contributed by atoms with E-state index in [0.717, 1.165) is 16.7 Å². The van der Waals surface area contributed by atoms with Gasteiger partial charge in [0.25, 0.3) is 0 Å². The van der Waals surface area contributed by atoms with Gasteiger partial charge in [0.15, 0.2) is 5.78 Å². The predicted molar refractivity (Wildman–Crippen MR) is 109 cm³/mol. The van der Waals surface area contributed by atoms with Gasteiger partial charge in [-0.15, -0.1) is 0 Å². The van der Waals surface area contributed by atoms with Gasteiger partial charge in [0.1, 0.15) is 6.10 Å². The Labute approximate surface area is 173 Å². The van der Waals surface area contributed by atoms with Gasteiger partial charge >= 0.3 is 5.97 Å². The first-order valence-electron chi connectivity index (χ1n) is 9.30. The Bertz CT molecular complexity index is 942. The number of carbonyl (C=O) groups is 3. The normalized spacial score (nSPS) is 21.3. The number of hydrogen-bond acceptors (Lipinski definition) is 4. The number of halogens is 1. The van der Waals surface area contributed by atoms with Crippen molar-refractivity contribution in [1.82, 2.24) is 5.32 Å². The van der Waals surface area contributed by atoms with Gasteiger partial charge in [-0.05, 0) is 42.2 Å². The van der Waals surface area contributed by atoms with Gasteiger partial charge in [-0.1, -0.05) is 48.0 Å². The molecule has 3 rings (SSSR count). The van der Waals surface area contributed by atoms with Gasteiger partial charge in [0.05, 0.1) is 12.0 Å². The molecule has 2 aromatic carbocycles. The lowest BCUT2D eigenvalue weighted by atomic mass is 9.96. The molecular weight excluding hydrogens is 394 g/mol. The van der Waals surface area contributed by atoms with E-state index in [1.165, 1.54) is 6.92 Å². The zero-order chi connectivity index (χ0) is 21.2. The number of amides is 1. The van der Waals surface area contributed by atoms with Gasteiger partial charge in [-0.3, -0.25) is 14.4 Å². The maximum atomic E-state index is 12.2. The molecule has 29 heavy (non-hydrogen) atoms. The van der Waals surface area contributed by atoms with Gasteiger partial charge in [-0.25, -0.2) is 0 Å². The molecule has 0 bridgehead atoms. The van der Waals surface area contributed by atoms with Crippen LogP contribution in [0.25, 0.3) is 11.1 Å². The van der Waals surface area contributed by atoms with Crippen LogP contribution in [-0.2, 0) is 14.4 Å². The first kappa shape index (κ1) is 21.0. The van der Waals surface area contributed by atoms with E-state index in [-0.39, 0.29) is 18.8 Å². The third kappa shape index (κ3) is 4.66. The smallest absolute Gasteiger partial charge is 0.303 e. The molecule has 0 aliphatic heterocycles. The molecule has 0 spiro atoms. The average Bonchev–Trinajstić information content (AvgIpc) is 3.41. The summed E-state index contributed by atoms with van der Waals surface area (Å²) < 4.78 is 0. The number of rotatable bonds is 8. The fourth-order valence-corrected chi connectivity index (χ4v) is 3.87. The zero-order valence-corrected chi connectivity index (χ0v) is 16.6. The van der Waals surface area contributed by atoms with Crippen LogP contribution in [0.15, 0.2) is 48.5 Å². The molecule has 2 aromatic rings. The van der Waals surface area contributed by atoms with Crippen molar-refractivity contribution >= 4 is 29.3 Å². The number of aliphatic hydroxyl groups excluding tert-OH is 1. The number of carboxylic acids is 1. The molecule has 1 amide bonds. The number of aliphatic carboxylic acids is 1. The summed E-state index contributed by atoms with van der Waals surface area (Å²) in [4.78, 5) is 34.7. The molecule has 3 N–H and O–H groups in total. The van der Waals surface area contributed by atoms with Crippen LogP contribution in [0.2, 0.25) is 5.02 Å². The van der Waals surface area contributed by atoms with Gasteiger partial charge in [-0.2, -0.15) is 0 Å². The maximum absolute atomic E-state index is 12.2. The Balaban J connectivity index is 1.79. The van der Waals surface area contributed by atoms with Crippen LogP contribution < -0.4 is 5.32 Å². The second kappa shape index (κ2) is 8.35. The summed E-state index contributed by atoms with van der Waals surface area (Å²) >= 11 is 6.05. The molecule has 1 aliphatic carbocycles. The van der Waals surface area contributed by atoms with Crippen molar-refractivity contribution in [2.24, 2.45) is 0 Å². The van der Waals surface area contributed by atoms with Crippen LogP contribution in [-0.4, -0.2) is 39.5 Å². The first-order valence-corrected chi connectivity index (χ1v) is 9.68. The Morgan fingerprint density at radius 2 is 1.83 bits per heavy atom. The van der Waals surface area contributed by atoms with E-state index in [2.05, 4.69) is 5.32 Å². The van der Waals surface area contributed by atoms with E-state index >= 15 is 0 Å². The molecule has 6 nitrogen and oxygen atoms in total. The first-order chi connectivity index (χ1) is 13.7. The highest BCUT2D eigenvalue weighted by atomic mass is 35.5. The van der Waals surface area contributed by atoms with Crippen LogP contribution in [0.3, 0.4) is 0 Å². The second-order valence-electron chi connectivity index (χ2n) is 7.38. The quantitative estimate of drug-likeness (QED) is 0.614. The molecule has 0 heterocycles. The van der Waals surface area contributed by atoms with Crippen molar-refractivity contribution < 1.29 is 24.6 Å². The molecule has 7 heteroatoms. The van der Waals surface area contributed by atoms with Gasteiger partial charge < -0.3 is 15.5 Å². The lowest BCUT2D eigenvalue weighted by Crippen LogP contribution is -2.50. The highest BCUT2D eigenvalue weighted by Gasteiger charge is 2.61. The summed E-state index contributed by atoms with van der Waals surface area (Å²) in [6.07, 6.45) is -1.46. The van der Waals surface area contributed by atoms with E-state index in [4.69, 9.17) is 16.7 Å². The SMILES string of the molecule is CC(=O)C(O)C1(NC(=O)CCC(=O)O)C[C@H]1c1ccc(-c2cccc(Cl)c2)cc1. The van der Waals surface area contributed by atoms with Gasteiger partial charge in [0, 0.05) is 17.4 Å². The number of carboxylic acid groups (broad SMARTS) is 1. The number of Topliss-reactive ketones (excluding diaryl/α,β-unsaturated/α-hetero) is 1. The summed E-state index contributed by atoms with van der Waals surface area (Å²) in [5.41, 5.74) is 1.73. The average molecular weight is 416 g/mol. The molecule has 1 saturated carbocycles. The predicted octanol–water partition coefficient (Wildman–Crippen LogP) is 3.16. The fourth-order valence-electron chi connectivity index (χ4n) is 3.68. The summed E-state index contributed by atoms with van der Waals surface area (Å²) in [5.74, 6) is -2.25. The number of ketones is 1. The lowest BCUT2D eigenvalue weighted by molar-refractivity contribution is -0.139. The second-order valence-corrected chi connectivity index (χ2v) is 7.82. The van der Waals surface area contributed by atoms with Crippen molar-refractivity contribution in [3.05, 3.63) is 59.1 Å². The largest absolute Gasteiger partial charge is 0.481 e. The lowest BCUT2D eigenvalue weighted by Gasteiger charge is -2.24. The maximum Gasteiger partial charge on any atom is 0.303 e. The van der Waals surface area contributed by atoms with Crippen LogP contribution in [0.5, 0.6) is 0 Å².